The molecule has 0 radical (unpaired) electrons. The maximum atomic E-state index is 13.7. The molecular weight excluding hydrogens is 297 g/mol. The van der Waals surface area contributed by atoms with Gasteiger partial charge >= 0.3 is 5.97 Å². The SMILES string of the molecule is COC(=O)c1cnc2ccc(C#Cc3nc(C)ccc3F)cn12. The van der Waals surface area contributed by atoms with E-state index in [0.717, 1.165) is 0 Å². The van der Waals surface area contributed by atoms with E-state index < -0.39 is 11.8 Å². The van der Waals surface area contributed by atoms with Gasteiger partial charge in [0.25, 0.3) is 0 Å². The van der Waals surface area contributed by atoms with Crippen molar-refractivity contribution >= 4 is 11.6 Å². The van der Waals surface area contributed by atoms with Gasteiger partial charge in [-0.1, -0.05) is 5.92 Å². The summed E-state index contributed by atoms with van der Waals surface area (Å²) >= 11 is 0. The number of aryl methyl sites for hydroxylation is 1. The van der Waals surface area contributed by atoms with Gasteiger partial charge < -0.3 is 4.74 Å². The molecule has 114 valence electrons. The molecule has 0 atom stereocenters. The highest BCUT2D eigenvalue weighted by Gasteiger charge is 2.12. The van der Waals surface area contributed by atoms with Crippen molar-refractivity contribution in [1.29, 1.82) is 0 Å². The summed E-state index contributed by atoms with van der Waals surface area (Å²) in [6.07, 6.45) is 3.08. The molecule has 0 spiro atoms. The van der Waals surface area contributed by atoms with E-state index in [-0.39, 0.29) is 5.69 Å². The van der Waals surface area contributed by atoms with Crippen LogP contribution >= 0.6 is 0 Å². The Morgan fingerprint density at radius 1 is 1.26 bits per heavy atom. The predicted octanol–water partition coefficient (Wildman–Crippen LogP) is 2.36. The average Bonchev–Trinajstić information content (AvgIpc) is 2.98. The molecule has 3 heterocycles. The molecule has 5 nitrogen and oxygen atoms in total. The number of carbonyl (C=O) groups is 1. The Balaban J connectivity index is 2.03. The zero-order valence-electron chi connectivity index (χ0n) is 12.5. The monoisotopic (exact) mass is 309 g/mol. The van der Waals surface area contributed by atoms with Gasteiger partial charge in [-0.2, -0.15) is 0 Å². The lowest BCUT2D eigenvalue weighted by Crippen LogP contribution is -2.05. The van der Waals surface area contributed by atoms with E-state index in [2.05, 4.69) is 21.8 Å². The van der Waals surface area contributed by atoms with Crippen LogP contribution in [-0.2, 0) is 4.74 Å². The molecule has 0 amide bonds. The summed E-state index contributed by atoms with van der Waals surface area (Å²) in [7, 11) is 1.30. The number of imidazole rings is 1. The maximum Gasteiger partial charge on any atom is 0.356 e. The van der Waals surface area contributed by atoms with Crippen molar-refractivity contribution in [2.24, 2.45) is 0 Å². The summed E-state index contributed by atoms with van der Waals surface area (Å²) in [6, 6.07) is 6.38. The summed E-state index contributed by atoms with van der Waals surface area (Å²) in [5.41, 5.74) is 2.27. The van der Waals surface area contributed by atoms with Gasteiger partial charge in [-0.25, -0.2) is 19.2 Å². The summed E-state index contributed by atoms with van der Waals surface area (Å²) < 4.78 is 19.9. The molecule has 0 unspecified atom stereocenters. The largest absolute Gasteiger partial charge is 0.464 e. The quantitative estimate of drug-likeness (QED) is 0.511. The number of methoxy groups -OCH3 is 1. The zero-order valence-corrected chi connectivity index (χ0v) is 12.5. The van der Waals surface area contributed by atoms with Crippen LogP contribution in [0.15, 0.2) is 36.7 Å². The summed E-state index contributed by atoms with van der Waals surface area (Å²) in [5, 5.41) is 0. The fourth-order valence-electron chi connectivity index (χ4n) is 2.07. The highest BCUT2D eigenvalue weighted by atomic mass is 19.1. The Hall–Kier alpha value is -3.20. The first-order valence-corrected chi connectivity index (χ1v) is 6.79. The number of carbonyl (C=O) groups excluding carboxylic acids is 1. The van der Waals surface area contributed by atoms with Crippen LogP contribution in [0.2, 0.25) is 0 Å². The molecule has 0 saturated carbocycles. The lowest BCUT2D eigenvalue weighted by Gasteiger charge is -2.00. The van der Waals surface area contributed by atoms with Crippen LogP contribution in [0.25, 0.3) is 5.65 Å². The zero-order chi connectivity index (χ0) is 16.4. The van der Waals surface area contributed by atoms with Crippen LogP contribution in [-0.4, -0.2) is 27.4 Å². The first-order valence-electron chi connectivity index (χ1n) is 6.79. The molecule has 23 heavy (non-hydrogen) atoms. The van der Waals surface area contributed by atoms with Gasteiger partial charge in [-0.3, -0.25) is 4.40 Å². The van der Waals surface area contributed by atoms with E-state index in [4.69, 9.17) is 4.74 Å². The van der Waals surface area contributed by atoms with Crippen molar-refractivity contribution in [3.8, 4) is 11.8 Å². The number of nitrogens with zero attached hydrogens (tertiary/aromatic N) is 3. The first kappa shape index (κ1) is 14.7. The highest BCUT2D eigenvalue weighted by Crippen LogP contribution is 2.10. The van der Waals surface area contributed by atoms with Gasteiger partial charge in [-0.05, 0) is 37.1 Å². The number of rotatable bonds is 1. The molecule has 0 saturated heterocycles. The van der Waals surface area contributed by atoms with E-state index in [0.29, 0.717) is 22.6 Å². The lowest BCUT2D eigenvalue weighted by molar-refractivity contribution is 0.0593. The fourth-order valence-corrected chi connectivity index (χ4v) is 2.07. The van der Waals surface area contributed by atoms with E-state index in [9.17, 15) is 9.18 Å². The number of halogens is 1. The van der Waals surface area contributed by atoms with Crippen molar-refractivity contribution in [2.75, 3.05) is 7.11 Å². The second kappa shape index (κ2) is 5.89. The Bertz CT molecular complexity index is 967. The molecule has 0 bridgehead atoms. The Morgan fingerprint density at radius 3 is 2.87 bits per heavy atom. The molecule has 0 aliphatic rings. The number of ether oxygens (including phenoxy) is 1. The van der Waals surface area contributed by atoms with Crippen LogP contribution in [0.3, 0.4) is 0 Å². The fraction of sp³-hybridized carbons (Fsp3) is 0.118. The third-order valence-corrected chi connectivity index (χ3v) is 3.21. The van der Waals surface area contributed by atoms with E-state index >= 15 is 0 Å². The Morgan fingerprint density at radius 2 is 2.09 bits per heavy atom. The molecule has 0 aliphatic carbocycles. The van der Waals surface area contributed by atoms with Crippen LogP contribution in [0.1, 0.15) is 27.4 Å². The number of esters is 1. The Kier molecular flexibility index (Phi) is 3.77. The normalized spacial score (nSPS) is 10.2. The van der Waals surface area contributed by atoms with Crippen molar-refractivity contribution < 1.29 is 13.9 Å². The molecule has 0 aliphatic heterocycles. The number of hydrogen-bond acceptors (Lipinski definition) is 4. The van der Waals surface area contributed by atoms with Crippen molar-refractivity contribution in [2.45, 2.75) is 6.92 Å². The number of hydrogen-bond donors (Lipinski definition) is 0. The van der Waals surface area contributed by atoms with Crippen molar-refractivity contribution in [3.05, 3.63) is 65.1 Å². The summed E-state index contributed by atoms with van der Waals surface area (Å²) in [4.78, 5) is 19.9. The molecule has 3 rings (SSSR count). The van der Waals surface area contributed by atoms with Gasteiger partial charge in [0.1, 0.15) is 11.3 Å². The number of pyridine rings is 2. The smallest absolute Gasteiger partial charge is 0.356 e. The van der Waals surface area contributed by atoms with Gasteiger partial charge in [-0.15, -0.1) is 0 Å². The van der Waals surface area contributed by atoms with Crippen molar-refractivity contribution in [1.82, 2.24) is 14.4 Å². The molecule has 3 aromatic heterocycles. The molecular formula is C17H12FN3O2. The minimum atomic E-state index is -0.492. The van der Waals surface area contributed by atoms with E-state index in [1.807, 2.05) is 0 Å². The van der Waals surface area contributed by atoms with Gasteiger partial charge in [0, 0.05) is 17.5 Å². The second-order valence-corrected chi connectivity index (χ2v) is 4.81. The van der Waals surface area contributed by atoms with Gasteiger partial charge in [0.2, 0.25) is 0 Å². The van der Waals surface area contributed by atoms with Crippen LogP contribution in [0.4, 0.5) is 4.39 Å². The third kappa shape index (κ3) is 2.90. The Labute approximate surface area is 131 Å². The highest BCUT2D eigenvalue weighted by molar-refractivity contribution is 5.88. The molecule has 0 fully saturated rings. The van der Waals surface area contributed by atoms with E-state index in [1.54, 1.807) is 35.7 Å². The van der Waals surface area contributed by atoms with Gasteiger partial charge in [0.15, 0.2) is 11.5 Å². The van der Waals surface area contributed by atoms with Crippen LogP contribution in [0, 0.1) is 24.6 Å². The predicted molar refractivity (Wildman–Crippen MR) is 81.4 cm³/mol. The van der Waals surface area contributed by atoms with E-state index in [1.165, 1.54) is 19.4 Å². The minimum Gasteiger partial charge on any atom is -0.464 e. The summed E-state index contributed by atoms with van der Waals surface area (Å²) in [6.45, 7) is 1.77. The third-order valence-electron chi connectivity index (χ3n) is 3.21. The maximum absolute atomic E-state index is 13.7. The van der Waals surface area contributed by atoms with Crippen LogP contribution < -0.4 is 0 Å². The molecule has 0 N–H and O–H groups in total. The molecule has 0 aromatic carbocycles. The topological polar surface area (TPSA) is 56.5 Å². The lowest BCUT2D eigenvalue weighted by atomic mass is 10.2. The van der Waals surface area contributed by atoms with Gasteiger partial charge in [0.05, 0.1) is 13.3 Å². The summed E-state index contributed by atoms with van der Waals surface area (Å²) in [5.74, 6) is 4.58. The average molecular weight is 309 g/mol. The first-order chi connectivity index (χ1) is 11.1. The molecule has 6 heteroatoms. The number of fused-ring (bicyclic) bond motifs is 1. The molecule has 3 aromatic rings. The minimum absolute atomic E-state index is 0.0870. The second-order valence-electron chi connectivity index (χ2n) is 4.81. The standard InChI is InChI=1S/C17H12FN3O2/c1-11-3-6-13(18)14(20-11)7-4-12-5-8-16-19-9-15(17(22)23-2)21(16)10-12/h3,5-6,8-10H,1-2H3. The number of aromatic nitrogens is 3. The van der Waals surface area contributed by atoms with Crippen LogP contribution in [0.5, 0.6) is 0 Å². The van der Waals surface area contributed by atoms with Crippen molar-refractivity contribution in [3.63, 3.8) is 0 Å².